The fourth-order valence-corrected chi connectivity index (χ4v) is 4.21. The van der Waals surface area contributed by atoms with Gasteiger partial charge in [0.1, 0.15) is 5.75 Å². The maximum absolute atomic E-state index is 13.7. The molecule has 5 rings (SSSR count). The average molecular weight is 456 g/mol. The van der Waals surface area contributed by atoms with E-state index in [2.05, 4.69) is 4.98 Å². The van der Waals surface area contributed by atoms with Gasteiger partial charge in [0, 0.05) is 17.8 Å². The van der Waals surface area contributed by atoms with Gasteiger partial charge in [0.25, 0.3) is 5.91 Å². The van der Waals surface area contributed by atoms with E-state index >= 15 is 0 Å². The van der Waals surface area contributed by atoms with Crippen LogP contribution in [0.4, 0.5) is 5.69 Å². The number of aliphatic hydroxyl groups is 1. The van der Waals surface area contributed by atoms with E-state index in [9.17, 15) is 19.8 Å². The van der Waals surface area contributed by atoms with E-state index in [1.54, 1.807) is 48.5 Å². The maximum Gasteiger partial charge on any atom is 0.294 e. The van der Waals surface area contributed by atoms with Gasteiger partial charge < -0.3 is 19.4 Å². The van der Waals surface area contributed by atoms with Crippen molar-refractivity contribution in [2.75, 3.05) is 12.0 Å². The first-order valence-corrected chi connectivity index (χ1v) is 10.5. The molecule has 0 bridgehead atoms. The number of ether oxygens (including phenoxy) is 1. The molecule has 2 aromatic carbocycles. The number of hydrogen-bond acceptors (Lipinski definition) is 7. The second kappa shape index (κ2) is 8.08. The summed E-state index contributed by atoms with van der Waals surface area (Å²) in [4.78, 5) is 32.2. The van der Waals surface area contributed by atoms with Crippen molar-refractivity contribution < 1.29 is 29.0 Å². The van der Waals surface area contributed by atoms with Gasteiger partial charge in [0.05, 0.1) is 24.4 Å². The Balaban J connectivity index is 1.68. The SMILES string of the molecule is COc1cccc2cc(C(=O)C3=C(O)C(=O)N(c4cc(C)ccc4O)C3c3ccncc3)oc12. The Morgan fingerprint density at radius 3 is 2.59 bits per heavy atom. The lowest BCUT2D eigenvalue weighted by Crippen LogP contribution is -2.31. The highest BCUT2D eigenvalue weighted by Gasteiger charge is 2.46. The summed E-state index contributed by atoms with van der Waals surface area (Å²) in [5.41, 5.74) is 1.72. The Bertz CT molecular complexity index is 1470. The van der Waals surface area contributed by atoms with Crippen molar-refractivity contribution in [2.45, 2.75) is 13.0 Å². The molecule has 1 aliphatic heterocycles. The van der Waals surface area contributed by atoms with Gasteiger partial charge in [0.2, 0.25) is 5.78 Å². The number of pyridine rings is 1. The molecule has 1 aliphatic rings. The summed E-state index contributed by atoms with van der Waals surface area (Å²) in [7, 11) is 1.49. The van der Waals surface area contributed by atoms with Crippen LogP contribution < -0.4 is 9.64 Å². The molecule has 34 heavy (non-hydrogen) atoms. The maximum atomic E-state index is 13.7. The van der Waals surface area contributed by atoms with Crippen molar-refractivity contribution in [3.05, 3.63) is 95.2 Å². The molecule has 8 nitrogen and oxygen atoms in total. The first-order chi connectivity index (χ1) is 16.4. The monoisotopic (exact) mass is 456 g/mol. The van der Waals surface area contributed by atoms with Gasteiger partial charge in [0.15, 0.2) is 22.9 Å². The van der Waals surface area contributed by atoms with Crippen molar-refractivity contribution in [3.63, 3.8) is 0 Å². The minimum Gasteiger partial charge on any atom is -0.506 e. The Hall–Kier alpha value is -4.59. The highest BCUT2D eigenvalue weighted by atomic mass is 16.5. The van der Waals surface area contributed by atoms with E-state index in [4.69, 9.17) is 9.15 Å². The van der Waals surface area contributed by atoms with E-state index in [-0.39, 0.29) is 22.8 Å². The lowest BCUT2D eigenvalue weighted by atomic mass is 9.95. The number of aromatic hydroxyl groups is 1. The zero-order valence-electron chi connectivity index (χ0n) is 18.4. The lowest BCUT2D eigenvalue weighted by molar-refractivity contribution is -0.117. The molecule has 1 atom stereocenters. The molecule has 1 unspecified atom stereocenters. The summed E-state index contributed by atoms with van der Waals surface area (Å²) < 4.78 is 11.1. The number of nitrogens with zero attached hydrogens (tertiary/aromatic N) is 2. The lowest BCUT2D eigenvalue weighted by Gasteiger charge is -2.27. The zero-order chi connectivity index (χ0) is 24.0. The predicted octanol–water partition coefficient (Wildman–Crippen LogP) is 4.63. The first kappa shape index (κ1) is 21.3. The number of fused-ring (bicyclic) bond motifs is 1. The molecular weight excluding hydrogens is 436 g/mol. The third kappa shape index (κ3) is 3.27. The molecule has 0 saturated heterocycles. The molecule has 0 saturated carbocycles. The summed E-state index contributed by atoms with van der Waals surface area (Å²) in [6.45, 7) is 1.81. The molecule has 0 spiro atoms. The number of anilines is 1. The number of phenolic OH excluding ortho intramolecular Hbond substituents is 1. The number of aromatic nitrogens is 1. The number of hydrogen-bond donors (Lipinski definition) is 2. The number of furan rings is 1. The Morgan fingerprint density at radius 1 is 1.09 bits per heavy atom. The van der Waals surface area contributed by atoms with Crippen LogP contribution in [0.25, 0.3) is 11.0 Å². The number of carbonyl (C=O) groups is 2. The number of benzene rings is 2. The third-order valence-electron chi connectivity index (χ3n) is 5.82. The third-order valence-corrected chi connectivity index (χ3v) is 5.82. The summed E-state index contributed by atoms with van der Waals surface area (Å²) in [5.74, 6) is -1.93. The molecule has 0 aliphatic carbocycles. The van der Waals surface area contributed by atoms with Crippen molar-refractivity contribution in [3.8, 4) is 11.5 Å². The zero-order valence-corrected chi connectivity index (χ0v) is 18.4. The van der Waals surface area contributed by atoms with Crippen LogP contribution in [0.3, 0.4) is 0 Å². The van der Waals surface area contributed by atoms with Gasteiger partial charge in [-0.2, -0.15) is 0 Å². The van der Waals surface area contributed by atoms with Crippen molar-refractivity contribution in [2.24, 2.45) is 0 Å². The molecule has 2 N–H and O–H groups in total. The van der Waals surface area contributed by atoms with Crippen LogP contribution in [0.2, 0.25) is 0 Å². The van der Waals surface area contributed by atoms with Gasteiger partial charge in [-0.15, -0.1) is 0 Å². The van der Waals surface area contributed by atoms with Crippen molar-refractivity contribution in [1.82, 2.24) is 4.98 Å². The molecule has 0 fully saturated rings. The molecule has 1 amide bonds. The number of Topliss-reactive ketones (excluding diaryl/α,β-unsaturated/α-hetero) is 1. The first-order valence-electron chi connectivity index (χ1n) is 10.5. The highest BCUT2D eigenvalue weighted by Crippen LogP contribution is 2.45. The Labute approximate surface area is 194 Å². The predicted molar refractivity (Wildman–Crippen MR) is 124 cm³/mol. The smallest absolute Gasteiger partial charge is 0.294 e. The summed E-state index contributed by atoms with van der Waals surface area (Å²) in [5, 5.41) is 22.1. The number of para-hydroxylation sites is 1. The van der Waals surface area contributed by atoms with Crippen LogP contribution >= 0.6 is 0 Å². The molecule has 3 heterocycles. The molecule has 8 heteroatoms. The average Bonchev–Trinajstić information content (AvgIpc) is 3.40. The van der Waals surface area contributed by atoms with Crippen LogP contribution in [-0.2, 0) is 4.79 Å². The second-order valence-corrected chi connectivity index (χ2v) is 7.93. The van der Waals surface area contributed by atoms with Crippen LogP contribution in [0.1, 0.15) is 27.7 Å². The van der Waals surface area contributed by atoms with Gasteiger partial charge in [-0.1, -0.05) is 18.2 Å². The molecular formula is C26H20N2O6. The number of ketones is 1. The van der Waals surface area contributed by atoms with E-state index in [1.807, 2.05) is 6.92 Å². The molecule has 170 valence electrons. The number of methoxy groups -OCH3 is 1. The largest absolute Gasteiger partial charge is 0.506 e. The quantitative estimate of drug-likeness (QED) is 0.421. The minimum atomic E-state index is -1.01. The summed E-state index contributed by atoms with van der Waals surface area (Å²) >= 11 is 0. The number of aliphatic hydroxyl groups excluding tert-OH is 1. The number of rotatable bonds is 5. The van der Waals surface area contributed by atoms with E-state index in [0.717, 1.165) is 5.56 Å². The van der Waals surface area contributed by atoms with Crippen LogP contribution in [-0.4, -0.2) is 34.0 Å². The second-order valence-electron chi connectivity index (χ2n) is 7.93. The van der Waals surface area contributed by atoms with Crippen molar-refractivity contribution >= 4 is 28.3 Å². The summed E-state index contributed by atoms with van der Waals surface area (Å²) in [6.07, 6.45) is 3.05. The summed E-state index contributed by atoms with van der Waals surface area (Å²) in [6, 6.07) is 13.8. The van der Waals surface area contributed by atoms with E-state index in [1.165, 1.54) is 30.5 Å². The van der Waals surface area contributed by atoms with Crippen molar-refractivity contribution in [1.29, 1.82) is 0 Å². The highest BCUT2D eigenvalue weighted by molar-refractivity contribution is 6.21. The van der Waals surface area contributed by atoms with Gasteiger partial charge in [-0.3, -0.25) is 19.5 Å². The van der Waals surface area contributed by atoms with Gasteiger partial charge >= 0.3 is 0 Å². The molecule has 0 radical (unpaired) electrons. The van der Waals surface area contributed by atoms with Crippen LogP contribution in [0.15, 0.2) is 82.7 Å². The van der Waals surface area contributed by atoms with Crippen LogP contribution in [0.5, 0.6) is 11.5 Å². The number of carbonyl (C=O) groups excluding carboxylic acids is 2. The Kier molecular flexibility index (Phi) is 5.05. The van der Waals surface area contributed by atoms with E-state index < -0.39 is 23.5 Å². The van der Waals surface area contributed by atoms with Crippen LogP contribution in [0, 0.1) is 6.92 Å². The normalized spacial score (nSPS) is 15.9. The topological polar surface area (TPSA) is 113 Å². The van der Waals surface area contributed by atoms with Gasteiger partial charge in [-0.25, -0.2) is 0 Å². The number of phenols is 1. The number of amides is 1. The van der Waals surface area contributed by atoms with Gasteiger partial charge in [-0.05, 0) is 54.4 Å². The minimum absolute atomic E-state index is 0.0526. The van der Waals surface area contributed by atoms with E-state index in [0.29, 0.717) is 22.3 Å². The molecule has 4 aromatic rings. The fraction of sp³-hybridized carbons (Fsp3) is 0.115. The number of aryl methyl sites for hydroxylation is 1. The standard InChI is InChI=1S/C26H20N2O6/c1-14-6-7-18(29)17(12-14)28-22(15-8-10-27-11-9-15)21(24(31)26(28)32)23(30)20-13-16-4-3-5-19(33-2)25(16)34-20/h3-13,22,29,31H,1-2H3. The Morgan fingerprint density at radius 2 is 1.85 bits per heavy atom. The molecule has 2 aromatic heterocycles. The fourth-order valence-electron chi connectivity index (χ4n) is 4.21.